The molecular weight excluding hydrogens is 502 g/mol. The number of anilines is 1. The molecular formula is C32H39N5O3. The summed E-state index contributed by atoms with van der Waals surface area (Å²) in [5.41, 5.74) is 3.77. The van der Waals surface area contributed by atoms with Gasteiger partial charge in [-0.3, -0.25) is 4.79 Å². The first-order chi connectivity index (χ1) is 19.5. The van der Waals surface area contributed by atoms with Crippen molar-refractivity contribution in [1.82, 2.24) is 19.5 Å². The Kier molecular flexibility index (Phi) is 9.08. The molecule has 0 radical (unpaired) electrons. The number of hydrogen-bond acceptors (Lipinski definition) is 7. The number of imidazole rings is 1. The van der Waals surface area contributed by atoms with Crippen molar-refractivity contribution in [2.24, 2.45) is 5.92 Å². The predicted molar refractivity (Wildman–Crippen MR) is 157 cm³/mol. The summed E-state index contributed by atoms with van der Waals surface area (Å²) in [6.45, 7) is 9.39. The molecule has 0 atom stereocenters. The van der Waals surface area contributed by atoms with E-state index in [9.17, 15) is 4.79 Å². The lowest BCUT2D eigenvalue weighted by molar-refractivity contribution is -0.138. The third kappa shape index (κ3) is 6.87. The summed E-state index contributed by atoms with van der Waals surface area (Å²) in [6, 6.07) is 24.8. The number of carbonyl (C=O) groups is 1. The molecule has 0 unspecified atom stereocenters. The van der Waals surface area contributed by atoms with Crippen molar-refractivity contribution in [2.45, 2.75) is 52.2 Å². The van der Waals surface area contributed by atoms with E-state index in [1.54, 1.807) is 18.4 Å². The fraction of sp³-hybridized carbons (Fsp3) is 0.406. The van der Waals surface area contributed by atoms with Gasteiger partial charge in [0.05, 0.1) is 12.0 Å². The number of piperidine rings is 1. The lowest BCUT2D eigenvalue weighted by Gasteiger charge is -2.34. The van der Waals surface area contributed by atoms with E-state index in [2.05, 4.69) is 81.0 Å². The number of aryl methyl sites for hydroxylation is 1. The molecule has 0 amide bonds. The molecule has 1 aliphatic heterocycles. The van der Waals surface area contributed by atoms with E-state index in [-0.39, 0.29) is 24.1 Å². The van der Waals surface area contributed by atoms with E-state index < -0.39 is 0 Å². The number of nitrogens with zero attached hydrogens (tertiary/aromatic N) is 4. The molecule has 0 aliphatic carbocycles. The first-order valence-electron chi connectivity index (χ1n) is 14.3. The molecule has 1 aliphatic rings. The molecule has 5 rings (SSSR count). The summed E-state index contributed by atoms with van der Waals surface area (Å²) in [7, 11) is 0. The molecule has 8 nitrogen and oxygen atoms in total. The largest absolute Gasteiger partial charge is 0.405 e. The van der Waals surface area contributed by atoms with Gasteiger partial charge in [-0.15, -0.1) is 5.10 Å². The lowest BCUT2D eigenvalue weighted by atomic mass is 10.00. The van der Waals surface area contributed by atoms with E-state index in [0.29, 0.717) is 17.2 Å². The summed E-state index contributed by atoms with van der Waals surface area (Å²) in [5, 5.41) is 8.07. The minimum atomic E-state index is -0.298. The van der Waals surface area contributed by atoms with E-state index in [1.165, 1.54) is 11.1 Å². The highest BCUT2D eigenvalue weighted by molar-refractivity contribution is 5.74. The topological polar surface area (TPSA) is 81.0 Å². The quantitative estimate of drug-likeness (QED) is 0.194. The molecule has 2 aromatic heterocycles. The molecule has 0 saturated carbocycles. The average molecular weight is 542 g/mol. The number of aromatic nitrogens is 3. The fourth-order valence-electron chi connectivity index (χ4n) is 5.01. The number of likely N-dealkylation sites (tertiary alicyclic amines) is 1. The van der Waals surface area contributed by atoms with Crippen molar-refractivity contribution in [1.29, 1.82) is 0 Å². The molecule has 4 aromatic rings. The number of rotatable bonds is 11. The Morgan fingerprint density at radius 3 is 2.25 bits per heavy atom. The molecule has 1 saturated heterocycles. The smallest absolute Gasteiger partial charge is 0.315 e. The highest BCUT2D eigenvalue weighted by Gasteiger charge is 2.24. The third-order valence-electron chi connectivity index (χ3n) is 7.35. The lowest BCUT2D eigenvalue weighted by Crippen LogP contribution is -2.38. The van der Waals surface area contributed by atoms with Gasteiger partial charge in [-0.1, -0.05) is 74.5 Å². The van der Waals surface area contributed by atoms with Gasteiger partial charge in [0, 0.05) is 19.6 Å². The van der Waals surface area contributed by atoms with Crippen LogP contribution in [-0.2, 0) is 9.53 Å². The summed E-state index contributed by atoms with van der Waals surface area (Å²) >= 11 is 0. The Bertz CT molecular complexity index is 1340. The maximum Gasteiger partial charge on any atom is 0.315 e. The second kappa shape index (κ2) is 13.1. The van der Waals surface area contributed by atoms with E-state index in [0.717, 1.165) is 51.3 Å². The van der Waals surface area contributed by atoms with Crippen LogP contribution in [0, 0.1) is 12.8 Å². The number of ether oxygens (including phenoxy) is 2. The van der Waals surface area contributed by atoms with Crippen LogP contribution >= 0.6 is 0 Å². The molecule has 8 heteroatoms. The van der Waals surface area contributed by atoms with Gasteiger partial charge in [-0.05, 0) is 56.0 Å². The number of carbonyl (C=O) groups excluding carboxylic acids is 1. The molecule has 0 bridgehead atoms. The molecule has 40 heavy (non-hydrogen) atoms. The van der Waals surface area contributed by atoms with Crippen LogP contribution in [0.3, 0.4) is 0 Å². The fourth-order valence-corrected chi connectivity index (χ4v) is 5.01. The molecule has 2 aromatic carbocycles. The maximum atomic E-state index is 12.0. The highest BCUT2D eigenvalue weighted by Crippen LogP contribution is 2.30. The van der Waals surface area contributed by atoms with Gasteiger partial charge in [0.15, 0.2) is 5.65 Å². The van der Waals surface area contributed by atoms with E-state index in [1.807, 2.05) is 19.1 Å². The number of benzene rings is 2. The van der Waals surface area contributed by atoms with Crippen LogP contribution in [-0.4, -0.2) is 57.8 Å². The Hall–Kier alpha value is -3.75. The van der Waals surface area contributed by atoms with Gasteiger partial charge in [-0.25, -0.2) is 4.52 Å². The van der Waals surface area contributed by atoms with Gasteiger partial charge in [0.25, 0.3) is 0 Å². The summed E-state index contributed by atoms with van der Waals surface area (Å²) in [5.74, 6) is 0.574. The van der Waals surface area contributed by atoms with Gasteiger partial charge in [-0.2, -0.15) is 4.98 Å². The number of fused-ring (bicyclic) bond motifs is 1. The minimum Gasteiger partial charge on any atom is -0.405 e. The van der Waals surface area contributed by atoms with Crippen LogP contribution in [0.5, 0.6) is 5.88 Å². The normalized spacial score (nSPS) is 14.7. The maximum absolute atomic E-state index is 12.0. The summed E-state index contributed by atoms with van der Waals surface area (Å²) in [6.07, 6.45) is 3.29. The zero-order valence-corrected chi connectivity index (χ0v) is 23.6. The zero-order chi connectivity index (χ0) is 27.9. The van der Waals surface area contributed by atoms with Crippen molar-refractivity contribution in [2.75, 3.05) is 31.5 Å². The van der Waals surface area contributed by atoms with Gasteiger partial charge in [0.2, 0.25) is 5.88 Å². The Labute approximate surface area is 236 Å². The van der Waals surface area contributed by atoms with Crippen molar-refractivity contribution in [3.8, 4) is 5.88 Å². The van der Waals surface area contributed by atoms with Crippen LogP contribution in [0.1, 0.15) is 56.0 Å². The van der Waals surface area contributed by atoms with Gasteiger partial charge in [0.1, 0.15) is 17.6 Å². The highest BCUT2D eigenvalue weighted by atomic mass is 16.5. The monoisotopic (exact) mass is 541 g/mol. The van der Waals surface area contributed by atoms with E-state index in [4.69, 9.17) is 9.47 Å². The summed E-state index contributed by atoms with van der Waals surface area (Å²) < 4.78 is 13.8. The Morgan fingerprint density at radius 1 is 0.975 bits per heavy atom. The van der Waals surface area contributed by atoms with Crippen molar-refractivity contribution in [3.05, 3.63) is 89.6 Å². The molecule has 1 N–H and O–H groups in total. The predicted octanol–water partition coefficient (Wildman–Crippen LogP) is 5.67. The van der Waals surface area contributed by atoms with Crippen molar-refractivity contribution < 1.29 is 14.3 Å². The van der Waals surface area contributed by atoms with Crippen molar-refractivity contribution >= 4 is 17.4 Å². The molecule has 3 heterocycles. The first-order valence-corrected chi connectivity index (χ1v) is 14.3. The second-order valence-electron chi connectivity index (χ2n) is 10.7. The zero-order valence-electron chi connectivity index (χ0n) is 23.6. The average Bonchev–Trinajstić information content (AvgIpc) is 3.29. The standard InChI is InChI=1S/C32H39N5O3/c1-23(2)32(38)40-31-24(3)37-29(34-31)16-15-28(35-37)33-19-10-20-36-21-17-27(18-22-36)39-30(25-11-6-4-7-12-25)26-13-8-5-9-14-26/h4-9,11-16,23,27,30H,10,17-22H2,1-3H3,(H,33,35). The SMILES string of the molecule is Cc1c(OC(=O)C(C)C)nc2ccc(NCCCN3CCC(OC(c4ccccc4)c4ccccc4)CC3)nn12. The van der Waals surface area contributed by atoms with Crippen LogP contribution < -0.4 is 10.1 Å². The van der Waals surface area contributed by atoms with Crippen LogP contribution in [0.2, 0.25) is 0 Å². The molecule has 1 fully saturated rings. The van der Waals surface area contributed by atoms with Crippen LogP contribution in [0.25, 0.3) is 5.65 Å². The minimum absolute atomic E-state index is 0.0366. The molecule has 210 valence electrons. The Morgan fingerprint density at radius 2 is 1.62 bits per heavy atom. The number of esters is 1. The molecule has 0 spiro atoms. The number of hydrogen-bond donors (Lipinski definition) is 1. The number of nitrogens with one attached hydrogen (secondary N) is 1. The Balaban J connectivity index is 1.08. The summed E-state index contributed by atoms with van der Waals surface area (Å²) in [4.78, 5) is 18.9. The van der Waals surface area contributed by atoms with Gasteiger partial charge < -0.3 is 19.7 Å². The first kappa shape index (κ1) is 27.8. The van der Waals surface area contributed by atoms with Crippen LogP contribution in [0.15, 0.2) is 72.8 Å². The van der Waals surface area contributed by atoms with E-state index >= 15 is 0 Å². The van der Waals surface area contributed by atoms with Gasteiger partial charge >= 0.3 is 5.97 Å². The van der Waals surface area contributed by atoms with Crippen molar-refractivity contribution in [3.63, 3.8) is 0 Å². The second-order valence-corrected chi connectivity index (χ2v) is 10.7. The third-order valence-corrected chi connectivity index (χ3v) is 7.35. The van der Waals surface area contributed by atoms with Crippen LogP contribution in [0.4, 0.5) is 5.82 Å².